The molecule has 0 aliphatic carbocycles. The van der Waals surface area contributed by atoms with Crippen molar-refractivity contribution in [3.05, 3.63) is 72.8 Å². The van der Waals surface area contributed by atoms with E-state index in [1.807, 2.05) is 36.4 Å². The van der Waals surface area contributed by atoms with Crippen molar-refractivity contribution < 1.29 is 54.6 Å². The number of ether oxygens (including phenoxy) is 6. The minimum atomic E-state index is -5.16. The normalized spacial score (nSPS) is 22.1. The van der Waals surface area contributed by atoms with E-state index in [1.54, 1.807) is 0 Å². The van der Waals surface area contributed by atoms with Crippen LogP contribution >= 0.6 is 0 Å². The highest BCUT2D eigenvalue weighted by molar-refractivity contribution is 7.97. The number of rotatable bonds is 10. The lowest BCUT2D eigenvalue weighted by Gasteiger charge is -2.15. The smallest absolute Gasteiger partial charge is 0.401 e. The summed E-state index contributed by atoms with van der Waals surface area (Å²) < 4.78 is 95.9. The van der Waals surface area contributed by atoms with Gasteiger partial charge in [-0.05, 0) is 92.1 Å². The van der Waals surface area contributed by atoms with Crippen LogP contribution in [-0.2, 0) is 35.2 Å². The molecule has 0 amide bonds. The SMILES string of the molecule is O=S(=O)([O-])CC(F)(F)F.c1cc([S+](c2ccc(OC3CCCO3)cc2)c2ccc(OC3CCCO3)cc2)ccc1OC1CCCO1. The van der Waals surface area contributed by atoms with Crippen molar-refractivity contribution in [3.63, 3.8) is 0 Å². The van der Waals surface area contributed by atoms with Gasteiger partial charge in [-0.1, -0.05) is 0 Å². The molecule has 3 saturated heterocycles. The van der Waals surface area contributed by atoms with Crippen LogP contribution in [0.1, 0.15) is 38.5 Å². The Morgan fingerprint density at radius 1 is 0.630 bits per heavy atom. The lowest BCUT2D eigenvalue weighted by molar-refractivity contribution is -0.107. The van der Waals surface area contributed by atoms with E-state index in [0.29, 0.717) is 0 Å². The predicted molar refractivity (Wildman–Crippen MR) is 161 cm³/mol. The second-order valence-electron chi connectivity index (χ2n) is 10.7. The van der Waals surface area contributed by atoms with Gasteiger partial charge in [-0.25, -0.2) is 8.42 Å². The second-order valence-corrected chi connectivity index (χ2v) is 14.1. The molecule has 3 aromatic rings. The van der Waals surface area contributed by atoms with E-state index in [9.17, 15) is 26.1 Å². The lowest BCUT2D eigenvalue weighted by atomic mass is 10.3. The molecule has 3 aliphatic heterocycles. The van der Waals surface area contributed by atoms with Crippen LogP contribution in [0.2, 0.25) is 0 Å². The van der Waals surface area contributed by atoms with Crippen molar-refractivity contribution in [1.29, 1.82) is 0 Å². The summed E-state index contributed by atoms with van der Waals surface area (Å²) >= 11 is 0. The number of halogens is 3. The molecule has 250 valence electrons. The quantitative estimate of drug-likeness (QED) is 0.176. The third-order valence-electron chi connectivity index (χ3n) is 6.99. The van der Waals surface area contributed by atoms with Crippen LogP contribution in [0.3, 0.4) is 0 Å². The van der Waals surface area contributed by atoms with Gasteiger partial charge in [0.25, 0.3) is 0 Å². The minimum Gasteiger partial charge on any atom is -0.748 e. The van der Waals surface area contributed by atoms with Crippen molar-refractivity contribution in [2.24, 2.45) is 0 Å². The molecule has 3 aliphatic rings. The van der Waals surface area contributed by atoms with E-state index < -0.39 is 22.0 Å². The zero-order valence-electron chi connectivity index (χ0n) is 24.9. The van der Waals surface area contributed by atoms with Crippen LogP contribution in [0.5, 0.6) is 17.2 Å². The number of alkyl halides is 3. The molecule has 0 saturated carbocycles. The largest absolute Gasteiger partial charge is 0.748 e. The van der Waals surface area contributed by atoms with Crippen molar-refractivity contribution in [3.8, 4) is 17.2 Å². The summed E-state index contributed by atoms with van der Waals surface area (Å²) in [6.07, 6.45) is 0.611. The maximum Gasteiger partial charge on any atom is 0.401 e. The van der Waals surface area contributed by atoms with Crippen molar-refractivity contribution in [1.82, 2.24) is 0 Å². The molecule has 3 atom stereocenters. The highest BCUT2D eigenvalue weighted by atomic mass is 32.2. The zero-order valence-corrected chi connectivity index (χ0v) is 26.5. The summed E-state index contributed by atoms with van der Waals surface area (Å²) in [6.45, 7) is 2.31. The summed E-state index contributed by atoms with van der Waals surface area (Å²) in [6, 6.07) is 25.2. The first-order chi connectivity index (χ1) is 22.0. The number of hydrogen-bond acceptors (Lipinski definition) is 9. The van der Waals surface area contributed by atoms with Crippen LogP contribution < -0.4 is 14.2 Å². The molecule has 3 aromatic carbocycles. The Morgan fingerprint density at radius 2 is 0.935 bits per heavy atom. The molecule has 14 heteroatoms. The Hall–Kier alpha value is -3.01. The molecule has 9 nitrogen and oxygen atoms in total. The fraction of sp³-hybridized carbons (Fsp3) is 0.438. The molecular formula is C32H35F3O9S2. The average molecular weight is 685 g/mol. The molecule has 0 N–H and O–H groups in total. The summed E-state index contributed by atoms with van der Waals surface area (Å²) in [5.41, 5.74) is 0. The Bertz CT molecular complexity index is 1320. The Morgan fingerprint density at radius 3 is 1.13 bits per heavy atom. The first kappa shape index (κ1) is 34.3. The van der Waals surface area contributed by atoms with Crippen LogP contribution in [0, 0.1) is 0 Å². The van der Waals surface area contributed by atoms with Gasteiger partial charge in [0, 0.05) is 19.3 Å². The van der Waals surface area contributed by atoms with Gasteiger partial charge < -0.3 is 33.0 Å². The van der Waals surface area contributed by atoms with Crippen molar-refractivity contribution in [2.45, 2.75) is 78.3 Å². The van der Waals surface area contributed by atoms with Crippen molar-refractivity contribution >= 4 is 21.0 Å². The molecule has 3 fully saturated rings. The minimum absolute atomic E-state index is 0.142. The third-order valence-corrected chi connectivity index (χ3v) is 9.90. The maximum absolute atomic E-state index is 11.0. The highest BCUT2D eigenvalue weighted by Gasteiger charge is 2.31. The monoisotopic (exact) mass is 684 g/mol. The molecule has 3 heterocycles. The van der Waals surface area contributed by atoms with Gasteiger partial charge in [0.1, 0.15) is 33.1 Å². The van der Waals surface area contributed by atoms with Crippen LogP contribution in [-0.4, -0.2) is 63.6 Å². The van der Waals surface area contributed by atoms with E-state index in [0.717, 1.165) is 75.6 Å². The Balaban J connectivity index is 0.000000407. The van der Waals surface area contributed by atoms with Crippen LogP contribution in [0.15, 0.2) is 87.5 Å². The van der Waals surface area contributed by atoms with E-state index in [2.05, 4.69) is 36.4 Å². The molecular weight excluding hydrogens is 649 g/mol. The molecule has 0 aromatic heterocycles. The molecule has 3 unspecified atom stereocenters. The summed E-state index contributed by atoms with van der Waals surface area (Å²) in [4.78, 5) is 3.63. The predicted octanol–water partition coefficient (Wildman–Crippen LogP) is 6.42. The van der Waals surface area contributed by atoms with Crippen molar-refractivity contribution in [2.75, 3.05) is 25.6 Å². The molecule has 0 bridgehead atoms. The first-order valence-corrected chi connectivity index (χ1v) is 17.7. The highest BCUT2D eigenvalue weighted by Crippen LogP contribution is 2.35. The Labute approximate surface area is 269 Å². The summed E-state index contributed by atoms with van der Waals surface area (Å²) in [7, 11) is -5.47. The van der Waals surface area contributed by atoms with E-state index >= 15 is 0 Å². The topological polar surface area (TPSA) is 113 Å². The van der Waals surface area contributed by atoms with E-state index in [4.69, 9.17) is 28.4 Å². The fourth-order valence-corrected chi connectivity index (χ4v) is 7.39. The fourth-order valence-electron chi connectivity index (χ4n) is 4.95. The molecule has 46 heavy (non-hydrogen) atoms. The van der Waals surface area contributed by atoms with Gasteiger partial charge in [-0.15, -0.1) is 0 Å². The van der Waals surface area contributed by atoms with Crippen LogP contribution in [0.25, 0.3) is 0 Å². The first-order valence-electron chi connectivity index (χ1n) is 14.9. The average Bonchev–Trinajstić information content (AvgIpc) is 3.80. The Kier molecular flexibility index (Phi) is 11.7. The van der Waals surface area contributed by atoms with Crippen LogP contribution in [0.4, 0.5) is 13.2 Å². The second kappa shape index (κ2) is 15.7. The molecule has 0 spiro atoms. The third kappa shape index (κ3) is 10.8. The summed E-state index contributed by atoms with van der Waals surface area (Å²) in [5, 5.41) is 0. The van der Waals surface area contributed by atoms with E-state index in [1.165, 1.54) is 14.7 Å². The standard InChI is InChI=1S/C30H33O6S.C2H3F3O3S/c1-4-28(31-19-1)34-22-7-13-25(14-8-22)37(26-15-9-23(10-16-26)35-29-5-2-20-32-29)27-17-11-24(12-18-27)36-30-6-3-21-33-30;3-2(4,5)1-9(6,7)8/h7-18,28-30H,1-6,19-21H2;1H2,(H,6,7,8)/q+1;/p-1. The summed E-state index contributed by atoms with van der Waals surface area (Å²) in [5.74, 6) is 0.208. The van der Waals surface area contributed by atoms with Gasteiger partial charge >= 0.3 is 6.18 Å². The van der Waals surface area contributed by atoms with Gasteiger partial charge in [0.2, 0.25) is 0 Å². The van der Waals surface area contributed by atoms with Gasteiger partial charge in [0.05, 0.1) is 30.7 Å². The van der Waals surface area contributed by atoms with Gasteiger partial charge in [0.15, 0.2) is 33.6 Å². The molecule has 6 rings (SSSR count). The molecule has 0 radical (unpaired) electrons. The van der Waals surface area contributed by atoms with Gasteiger partial charge in [-0.3, -0.25) is 0 Å². The zero-order chi connectivity index (χ0) is 32.6. The number of benzene rings is 3. The maximum atomic E-state index is 11.0. The lowest BCUT2D eigenvalue weighted by Crippen LogP contribution is -2.21. The van der Waals surface area contributed by atoms with Gasteiger partial charge in [-0.2, -0.15) is 13.2 Å². The number of hydrogen-bond donors (Lipinski definition) is 0. The van der Waals surface area contributed by atoms with E-state index in [-0.39, 0.29) is 29.8 Å².